The SMILES string of the molecule is CC1CCN(c2ncnc(N)c2F)CC1N1CCCC(Nc2cc(Cl)cc(Cl)c2)C1=O. The average Bonchev–Trinajstić information content (AvgIpc) is 2.72. The molecule has 1 aromatic carbocycles. The van der Waals surface area contributed by atoms with Crippen LogP contribution in [0.1, 0.15) is 26.2 Å². The lowest BCUT2D eigenvalue weighted by atomic mass is 9.89. The first kappa shape index (κ1) is 21.9. The van der Waals surface area contributed by atoms with Gasteiger partial charge >= 0.3 is 0 Å². The van der Waals surface area contributed by atoms with Crippen LogP contribution in [0, 0.1) is 11.7 Å². The Hall–Kier alpha value is -2.32. The van der Waals surface area contributed by atoms with Crippen molar-refractivity contribution in [3.63, 3.8) is 0 Å². The summed E-state index contributed by atoms with van der Waals surface area (Å²) in [6, 6.07) is 4.75. The molecule has 4 rings (SSSR count). The van der Waals surface area contributed by atoms with Crippen LogP contribution in [0.15, 0.2) is 24.5 Å². The van der Waals surface area contributed by atoms with E-state index in [1.807, 2.05) is 9.80 Å². The molecule has 1 aromatic heterocycles. The topological polar surface area (TPSA) is 87.4 Å². The van der Waals surface area contributed by atoms with Crippen LogP contribution in [0.25, 0.3) is 0 Å². The van der Waals surface area contributed by atoms with Gasteiger partial charge in [0.25, 0.3) is 0 Å². The Balaban J connectivity index is 1.51. The number of amides is 1. The van der Waals surface area contributed by atoms with Crippen LogP contribution in [0.4, 0.5) is 21.7 Å². The number of nitrogen functional groups attached to an aromatic ring is 1. The van der Waals surface area contributed by atoms with Crippen LogP contribution in [-0.4, -0.2) is 52.5 Å². The lowest BCUT2D eigenvalue weighted by Gasteiger charge is -2.46. The van der Waals surface area contributed by atoms with E-state index in [1.165, 1.54) is 6.33 Å². The van der Waals surface area contributed by atoms with E-state index >= 15 is 0 Å². The molecular formula is C21H25Cl2FN6O. The maximum Gasteiger partial charge on any atom is 0.245 e. The van der Waals surface area contributed by atoms with Gasteiger partial charge in [-0.25, -0.2) is 9.97 Å². The number of aromatic nitrogens is 2. The van der Waals surface area contributed by atoms with Gasteiger partial charge in [0.2, 0.25) is 11.7 Å². The van der Waals surface area contributed by atoms with Crippen LogP contribution in [-0.2, 0) is 4.79 Å². The predicted molar refractivity (Wildman–Crippen MR) is 121 cm³/mol. The minimum atomic E-state index is -0.613. The summed E-state index contributed by atoms with van der Waals surface area (Å²) in [5.41, 5.74) is 6.34. The smallest absolute Gasteiger partial charge is 0.245 e. The number of nitrogens with zero attached hydrogens (tertiary/aromatic N) is 4. The maximum absolute atomic E-state index is 14.5. The van der Waals surface area contributed by atoms with Crippen molar-refractivity contribution < 1.29 is 9.18 Å². The van der Waals surface area contributed by atoms with Gasteiger partial charge in [-0.1, -0.05) is 30.1 Å². The summed E-state index contributed by atoms with van der Waals surface area (Å²) in [7, 11) is 0. The van der Waals surface area contributed by atoms with Crippen molar-refractivity contribution in [3.8, 4) is 0 Å². The summed E-state index contributed by atoms with van der Waals surface area (Å²) in [6.07, 6.45) is 3.68. The summed E-state index contributed by atoms with van der Waals surface area (Å²) >= 11 is 12.2. The fraction of sp³-hybridized carbons (Fsp3) is 0.476. The van der Waals surface area contributed by atoms with Gasteiger partial charge in [0.1, 0.15) is 12.4 Å². The summed E-state index contributed by atoms with van der Waals surface area (Å²) in [6.45, 7) is 3.95. The molecule has 166 valence electrons. The molecule has 0 radical (unpaired) electrons. The fourth-order valence-corrected chi connectivity index (χ4v) is 4.97. The zero-order valence-corrected chi connectivity index (χ0v) is 18.7. The maximum atomic E-state index is 14.5. The molecule has 0 saturated carbocycles. The van der Waals surface area contributed by atoms with E-state index < -0.39 is 5.82 Å². The monoisotopic (exact) mass is 466 g/mol. The Kier molecular flexibility index (Phi) is 6.39. The van der Waals surface area contributed by atoms with E-state index in [4.69, 9.17) is 28.9 Å². The highest BCUT2D eigenvalue weighted by molar-refractivity contribution is 6.35. The van der Waals surface area contributed by atoms with Crippen molar-refractivity contribution in [3.05, 3.63) is 40.4 Å². The average molecular weight is 467 g/mol. The third-order valence-corrected chi connectivity index (χ3v) is 6.53. The van der Waals surface area contributed by atoms with Gasteiger partial charge in [0.05, 0.1) is 6.04 Å². The van der Waals surface area contributed by atoms with Crippen molar-refractivity contribution in [1.29, 1.82) is 0 Å². The van der Waals surface area contributed by atoms with E-state index in [2.05, 4.69) is 22.2 Å². The number of likely N-dealkylation sites (tertiary alicyclic amines) is 1. The van der Waals surface area contributed by atoms with Crippen LogP contribution in [0.5, 0.6) is 0 Å². The van der Waals surface area contributed by atoms with Crippen LogP contribution in [0.3, 0.4) is 0 Å². The van der Waals surface area contributed by atoms with Gasteiger partial charge in [-0.05, 0) is 43.4 Å². The molecule has 0 aliphatic carbocycles. The van der Waals surface area contributed by atoms with E-state index in [-0.39, 0.29) is 35.5 Å². The van der Waals surface area contributed by atoms with Crippen molar-refractivity contribution in [2.75, 3.05) is 35.6 Å². The van der Waals surface area contributed by atoms with Gasteiger partial charge in [0.15, 0.2) is 11.6 Å². The molecule has 3 unspecified atom stereocenters. The standard InChI is InChI=1S/C21H25Cl2FN6O/c1-12-4-6-29(20-18(24)19(25)26-11-27-20)10-17(12)30-5-2-3-16(21(30)31)28-15-8-13(22)7-14(23)9-15/h7-9,11-12,16-17,28H,2-6,10H2,1H3,(H2,25,26,27). The highest BCUT2D eigenvalue weighted by atomic mass is 35.5. The summed E-state index contributed by atoms with van der Waals surface area (Å²) in [5, 5.41) is 4.31. The number of anilines is 3. The Labute approximate surface area is 190 Å². The number of benzene rings is 1. The van der Waals surface area contributed by atoms with Crippen molar-refractivity contribution in [2.45, 2.75) is 38.3 Å². The molecule has 1 amide bonds. The summed E-state index contributed by atoms with van der Waals surface area (Å²) < 4.78 is 14.5. The lowest BCUT2D eigenvalue weighted by Crippen LogP contribution is -2.59. The third-order valence-electron chi connectivity index (χ3n) is 6.09. The largest absolute Gasteiger partial charge is 0.381 e. The van der Waals surface area contributed by atoms with Crippen molar-refractivity contribution >= 4 is 46.4 Å². The second-order valence-corrected chi connectivity index (χ2v) is 9.08. The van der Waals surface area contributed by atoms with Crippen LogP contribution in [0.2, 0.25) is 10.0 Å². The molecule has 31 heavy (non-hydrogen) atoms. The third kappa shape index (κ3) is 4.65. The second-order valence-electron chi connectivity index (χ2n) is 8.20. The molecule has 2 aliphatic heterocycles. The first-order valence-corrected chi connectivity index (χ1v) is 11.1. The number of nitrogens with one attached hydrogen (secondary N) is 1. The molecule has 0 spiro atoms. The predicted octanol–water partition coefficient (Wildman–Crippen LogP) is 3.82. The molecule has 0 bridgehead atoms. The van der Waals surface area contributed by atoms with E-state index in [1.54, 1.807) is 18.2 Å². The van der Waals surface area contributed by atoms with Crippen LogP contribution >= 0.6 is 23.2 Å². The van der Waals surface area contributed by atoms with Crippen molar-refractivity contribution in [2.24, 2.45) is 5.92 Å². The molecule has 3 atom stereocenters. The Bertz CT molecular complexity index is 957. The molecule has 3 N–H and O–H groups in total. The van der Waals surface area contributed by atoms with Gasteiger partial charge in [-0.3, -0.25) is 4.79 Å². The van der Waals surface area contributed by atoms with Crippen molar-refractivity contribution in [1.82, 2.24) is 14.9 Å². The quantitative estimate of drug-likeness (QED) is 0.711. The molecule has 7 nitrogen and oxygen atoms in total. The number of nitrogens with two attached hydrogens (primary N) is 1. The molecule has 2 saturated heterocycles. The summed E-state index contributed by atoms with van der Waals surface area (Å²) in [4.78, 5) is 24.9. The Morgan fingerprint density at radius 2 is 1.90 bits per heavy atom. The van der Waals surface area contributed by atoms with Gasteiger partial charge < -0.3 is 20.9 Å². The minimum Gasteiger partial charge on any atom is -0.381 e. The zero-order chi connectivity index (χ0) is 22.1. The highest BCUT2D eigenvalue weighted by Crippen LogP contribution is 2.31. The molecule has 2 fully saturated rings. The molecule has 3 heterocycles. The first-order chi connectivity index (χ1) is 14.8. The first-order valence-electron chi connectivity index (χ1n) is 10.4. The molecular weight excluding hydrogens is 442 g/mol. The highest BCUT2D eigenvalue weighted by Gasteiger charge is 2.39. The zero-order valence-electron chi connectivity index (χ0n) is 17.2. The van der Waals surface area contributed by atoms with E-state index in [0.717, 1.165) is 24.9 Å². The number of hydrogen-bond acceptors (Lipinski definition) is 6. The van der Waals surface area contributed by atoms with Gasteiger partial charge in [0, 0.05) is 35.4 Å². The van der Waals surface area contributed by atoms with Gasteiger partial charge in [-0.15, -0.1) is 0 Å². The number of carbonyl (C=O) groups excluding carboxylic acids is 1. The molecule has 2 aromatic rings. The Morgan fingerprint density at radius 3 is 2.65 bits per heavy atom. The lowest BCUT2D eigenvalue weighted by molar-refractivity contribution is -0.138. The number of hydrogen-bond donors (Lipinski definition) is 2. The normalized spacial score (nSPS) is 24.4. The molecule has 2 aliphatic rings. The summed E-state index contributed by atoms with van der Waals surface area (Å²) in [5.74, 6) is -0.278. The molecule has 10 heteroatoms. The Morgan fingerprint density at radius 1 is 1.16 bits per heavy atom. The number of halogens is 3. The fourth-order valence-electron chi connectivity index (χ4n) is 4.44. The number of piperidine rings is 2. The van der Waals surface area contributed by atoms with E-state index in [9.17, 15) is 9.18 Å². The van der Waals surface area contributed by atoms with Crippen LogP contribution < -0.4 is 16.0 Å². The number of rotatable bonds is 4. The number of carbonyl (C=O) groups is 1. The minimum absolute atomic E-state index is 0.0312. The van der Waals surface area contributed by atoms with E-state index in [0.29, 0.717) is 29.7 Å². The van der Waals surface area contributed by atoms with Gasteiger partial charge in [-0.2, -0.15) is 4.39 Å². The second kappa shape index (κ2) is 9.04.